The van der Waals surface area contributed by atoms with Gasteiger partial charge in [0.25, 0.3) is 5.91 Å². The van der Waals surface area contributed by atoms with Crippen molar-refractivity contribution in [3.63, 3.8) is 0 Å². The van der Waals surface area contributed by atoms with Gasteiger partial charge in [-0.05, 0) is 54.6 Å². The van der Waals surface area contributed by atoms with Crippen LogP contribution in [0.3, 0.4) is 0 Å². The van der Waals surface area contributed by atoms with Gasteiger partial charge in [-0.2, -0.15) is 13.2 Å². The molecule has 0 unspecified atom stereocenters. The maximum Gasteiger partial charge on any atom is 0.416 e. The number of halogens is 3. The first kappa shape index (κ1) is 24.4. The maximum absolute atomic E-state index is 13.0. The highest BCUT2D eigenvalue weighted by Gasteiger charge is 2.30. The number of benzene rings is 2. The maximum atomic E-state index is 13.0. The van der Waals surface area contributed by atoms with Gasteiger partial charge in [0, 0.05) is 35.6 Å². The Balaban J connectivity index is 1.64. The van der Waals surface area contributed by atoms with E-state index < -0.39 is 17.6 Å². The number of nitrogens with zero attached hydrogens (tertiary/aromatic N) is 3. The summed E-state index contributed by atoms with van der Waals surface area (Å²) in [7, 11) is 0. The Bertz CT molecular complexity index is 1460. The zero-order valence-corrected chi connectivity index (χ0v) is 19.0. The molecule has 180 valence electrons. The minimum Gasteiger partial charge on any atom is -0.438 e. The number of hydrogen-bond donors (Lipinski definition) is 1. The molecule has 4 aromatic rings. The number of carbonyl (C=O) groups excluding carboxylic acids is 1. The van der Waals surface area contributed by atoms with E-state index in [-0.39, 0.29) is 22.9 Å². The third-order valence-electron chi connectivity index (χ3n) is 5.07. The second-order valence-electron chi connectivity index (χ2n) is 7.59. The lowest BCUT2D eigenvalue weighted by Crippen LogP contribution is -2.13. The Labute approximate surface area is 205 Å². The molecule has 0 radical (unpaired) electrons. The summed E-state index contributed by atoms with van der Waals surface area (Å²) in [6, 6.07) is 14.0. The molecule has 1 N–H and O–H groups in total. The van der Waals surface area contributed by atoms with Gasteiger partial charge in [0.05, 0.1) is 16.8 Å². The number of aromatic nitrogens is 3. The fourth-order valence-corrected chi connectivity index (χ4v) is 3.35. The van der Waals surface area contributed by atoms with Crippen LogP contribution in [0.25, 0.3) is 11.3 Å². The van der Waals surface area contributed by atoms with E-state index in [9.17, 15) is 18.0 Å². The summed E-state index contributed by atoms with van der Waals surface area (Å²) in [6.45, 7) is 1.94. The number of amides is 1. The van der Waals surface area contributed by atoms with Crippen LogP contribution in [0.4, 0.5) is 18.9 Å². The largest absolute Gasteiger partial charge is 0.438 e. The number of rotatable bonds is 6. The molecule has 1 amide bonds. The van der Waals surface area contributed by atoms with Crippen molar-refractivity contribution in [3.8, 4) is 35.2 Å². The second kappa shape index (κ2) is 10.3. The van der Waals surface area contributed by atoms with Crippen molar-refractivity contribution in [2.45, 2.75) is 19.5 Å². The first-order valence-corrected chi connectivity index (χ1v) is 10.8. The molecule has 0 aliphatic carbocycles. The van der Waals surface area contributed by atoms with Crippen LogP contribution >= 0.6 is 0 Å². The monoisotopic (exact) mass is 488 g/mol. The molecule has 0 aliphatic heterocycles. The summed E-state index contributed by atoms with van der Waals surface area (Å²) in [6.07, 6.45) is 4.87. The van der Waals surface area contributed by atoms with E-state index >= 15 is 0 Å². The molecule has 0 saturated carbocycles. The Hall–Kier alpha value is -4.71. The van der Waals surface area contributed by atoms with Crippen LogP contribution in [0.2, 0.25) is 0 Å². The average molecular weight is 488 g/mol. The lowest BCUT2D eigenvalue weighted by atomic mass is 10.1. The predicted molar refractivity (Wildman–Crippen MR) is 128 cm³/mol. The average Bonchev–Trinajstić information content (AvgIpc) is 2.88. The van der Waals surface area contributed by atoms with Gasteiger partial charge in [0.1, 0.15) is 11.6 Å². The van der Waals surface area contributed by atoms with Gasteiger partial charge in [-0.25, -0.2) is 15.0 Å². The number of aryl methyl sites for hydroxylation is 1. The highest BCUT2D eigenvalue weighted by atomic mass is 19.4. The molecule has 0 spiro atoms. The number of nitrogens with one attached hydrogen (secondary N) is 1. The smallest absolute Gasteiger partial charge is 0.416 e. The molecule has 2 heterocycles. The number of terminal acetylenes is 1. The summed E-state index contributed by atoms with van der Waals surface area (Å²) < 4.78 is 45.0. The first-order valence-electron chi connectivity index (χ1n) is 10.8. The Morgan fingerprint density at radius 1 is 1.06 bits per heavy atom. The van der Waals surface area contributed by atoms with E-state index in [0.717, 1.165) is 12.1 Å². The molecule has 0 bridgehead atoms. The molecule has 2 aromatic carbocycles. The van der Waals surface area contributed by atoms with Gasteiger partial charge >= 0.3 is 6.18 Å². The van der Waals surface area contributed by atoms with Crippen molar-refractivity contribution in [1.82, 2.24) is 15.0 Å². The van der Waals surface area contributed by atoms with Crippen molar-refractivity contribution >= 4 is 11.6 Å². The Kier molecular flexibility index (Phi) is 6.97. The van der Waals surface area contributed by atoms with Crippen molar-refractivity contribution < 1.29 is 22.7 Å². The van der Waals surface area contributed by atoms with E-state index in [1.54, 1.807) is 36.7 Å². The summed E-state index contributed by atoms with van der Waals surface area (Å²) in [5.74, 6) is 2.92. The van der Waals surface area contributed by atoms with Crippen LogP contribution in [0.1, 0.15) is 34.2 Å². The Morgan fingerprint density at radius 2 is 1.89 bits per heavy atom. The highest BCUT2D eigenvalue weighted by molar-refractivity contribution is 6.04. The van der Waals surface area contributed by atoms with Gasteiger partial charge in [-0.3, -0.25) is 4.79 Å². The van der Waals surface area contributed by atoms with E-state index in [4.69, 9.17) is 11.2 Å². The topological polar surface area (TPSA) is 77.0 Å². The SMILES string of the molecule is C#Cc1cc(Oc2ncccc2-c2ccnc(CC)n2)cc(C(=O)Nc2cccc(C(F)(F)F)c2)c1. The fraction of sp³-hybridized carbons (Fsp3) is 0.111. The standard InChI is InChI=1S/C27H19F3N4O2/c1-3-17-13-18(25(35)33-20-8-5-7-19(16-20)27(28,29)30)15-21(14-17)36-26-22(9-6-11-32-26)23-10-12-31-24(4-2)34-23/h1,5-16H,4H2,2H3,(H,33,35). The van der Waals surface area contributed by atoms with Gasteiger partial charge in [0.15, 0.2) is 0 Å². The van der Waals surface area contributed by atoms with Gasteiger partial charge in [-0.1, -0.05) is 18.9 Å². The van der Waals surface area contributed by atoms with Crippen LogP contribution in [0, 0.1) is 12.3 Å². The van der Waals surface area contributed by atoms with Crippen molar-refractivity contribution in [2.75, 3.05) is 5.32 Å². The van der Waals surface area contributed by atoms with Crippen molar-refractivity contribution in [2.24, 2.45) is 0 Å². The van der Waals surface area contributed by atoms with E-state index in [2.05, 4.69) is 26.2 Å². The zero-order valence-electron chi connectivity index (χ0n) is 19.0. The minimum atomic E-state index is -4.53. The van der Waals surface area contributed by atoms with Crippen LogP contribution in [-0.4, -0.2) is 20.9 Å². The van der Waals surface area contributed by atoms with Crippen LogP contribution in [0.15, 0.2) is 73.1 Å². The molecular formula is C27H19F3N4O2. The zero-order chi connectivity index (χ0) is 25.7. The number of alkyl halides is 3. The summed E-state index contributed by atoms with van der Waals surface area (Å²) in [5.41, 5.74) is 0.780. The van der Waals surface area contributed by atoms with Crippen molar-refractivity contribution in [1.29, 1.82) is 0 Å². The molecule has 0 fully saturated rings. The summed E-state index contributed by atoms with van der Waals surface area (Å²) in [5, 5.41) is 2.47. The van der Waals surface area contributed by atoms with Crippen LogP contribution in [0.5, 0.6) is 11.6 Å². The summed E-state index contributed by atoms with van der Waals surface area (Å²) in [4.78, 5) is 25.9. The molecule has 2 aromatic heterocycles. The number of hydrogen-bond acceptors (Lipinski definition) is 5. The quantitative estimate of drug-likeness (QED) is 0.330. The predicted octanol–water partition coefficient (Wildman–Crippen LogP) is 6.15. The van der Waals surface area contributed by atoms with Crippen molar-refractivity contribution in [3.05, 3.63) is 95.6 Å². The molecular weight excluding hydrogens is 469 g/mol. The molecule has 36 heavy (non-hydrogen) atoms. The minimum absolute atomic E-state index is 0.00842. The number of ether oxygens (including phenoxy) is 1. The Morgan fingerprint density at radius 3 is 2.64 bits per heavy atom. The van der Waals surface area contributed by atoms with Crippen LogP contribution < -0.4 is 10.1 Å². The van der Waals surface area contributed by atoms with Gasteiger partial charge < -0.3 is 10.1 Å². The molecule has 9 heteroatoms. The highest BCUT2D eigenvalue weighted by Crippen LogP contribution is 2.32. The van der Waals surface area contributed by atoms with Crippen LogP contribution in [-0.2, 0) is 12.6 Å². The number of pyridine rings is 1. The van der Waals surface area contributed by atoms with E-state index in [1.165, 1.54) is 24.3 Å². The van der Waals surface area contributed by atoms with E-state index in [1.807, 2.05) is 6.92 Å². The third kappa shape index (κ3) is 5.67. The molecule has 0 aliphatic rings. The molecule has 4 rings (SSSR count). The fourth-order valence-electron chi connectivity index (χ4n) is 3.35. The first-order chi connectivity index (χ1) is 17.3. The third-order valence-corrected chi connectivity index (χ3v) is 5.07. The molecule has 0 saturated heterocycles. The molecule has 6 nitrogen and oxygen atoms in total. The lowest BCUT2D eigenvalue weighted by molar-refractivity contribution is -0.137. The van der Waals surface area contributed by atoms with E-state index in [0.29, 0.717) is 29.1 Å². The second-order valence-corrected chi connectivity index (χ2v) is 7.59. The summed E-state index contributed by atoms with van der Waals surface area (Å²) >= 11 is 0. The normalized spacial score (nSPS) is 11.0. The lowest BCUT2D eigenvalue weighted by Gasteiger charge is -2.13. The van der Waals surface area contributed by atoms with Gasteiger partial charge in [-0.15, -0.1) is 6.42 Å². The van der Waals surface area contributed by atoms with Gasteiger partial charge in [0.2, 0.25) is 5.88 Å². The number of anilines is 1. The molecule has 0 atom stereocenters. The number of carbonyl (C=O) groups is 1.